The monoisotopic (exact) mass is 238 g/mol. The van der Waals surface area contributed by atoms with E-state index in [2.05, 4.69) is 0 Å². The lowest BCUT2D eigenvalue weighted by molar-refractivity contribution is 0.410. The fourth-order valence-electron chi connectivity index (χ4n) is 1.02. The van der Waals surface area contributed by atoms with Gasteiger partial charge in [0.05, 0.1) is 7.11 Å². The van der Waals surface area contributed by atoms with Crippen molar-refractivity contribution < 1.29 is 17.0 Å². The number of methoxy groups -OCH3 is 1. The van der Waals surface area contributed by atoms with Gasteiger partial charge >= 0.3 is 10.2 Å². The molecule has 0 fully saturated rings. The van der Waals surface area contributed by atoms with E-state index in [1.54, 1.807) is 0 Å². The summed E-state index contributed by atoms with van der Waals surface area (Å²) in [6, 6.07) is 4.32. The van der Waals surface area contributed by atoms with Crippen LogP contribution in [-0.2, 0) is 16.0 Å². The quantitative estimate of drug-likeness (QED) is 0.758. The van der Waals surface area contributed by atoms with Crippen molar-refractivity contribution in [2.24, 2.45) is 0 Å². The van der Waals surface area contributed by atoms with Crippen molar-refractivity contribution in [3.05, 3.63) is 28.8 Å². The Balaban J connectivity index is 3.09. The van der Waals surface area contributed by atoms with E-state index in [1.165, 1.54) is 25.3 Å². The molecule has 14 heavy (non-hydrogen) atoms. The molecule has 0 saturated heterocycles. The average molecular weight is 239 g/mol. The molecule has 0 amide bonds. The molecular formula is C8H8ClFO3S. The standard InChI is InChI=1S/C8H8ClFO3S/c1-13-8-4-7(9)3-2-6(8)5-14(10,11)12/h2-4H,5H2,1H3. The van der Waals surface area contributed by atoms with E-state index in [0.717, 1.165) is 0 Å². The molecule has 0 aliphatic carbocycles. The molecule has 1 rings (SSSR count). The minimum atomic E-state index is -4.55. The summed E-state index contributed by atoms with van der Waals surface area (Å²) < 4.78 is 38.0. The Morgan fingerprint density at radius 2 is 2.14 bits per heavy atom. The van der Waals surface area contributed by atoms with Gasteiger partial charge in [0.1, 0.15) is 11.5 Å². The highest BCUT2D eigenvalue weighted by Gasteiger charge is 2.13. The molecule has 78 valence electrons. The van der Waals surface area contributed by atoms with E-state index in [-0.39, 0.29) is 11.3 Å². The van der Waals surface area contributed by atoms with E-state index < -0.39 is 16.0 Å². The molecule has 6 heteroatoms. The number of benzene rings is 1. The van der Waals surface area contributed by atoms with Gasteiger partial charge in [0.2, 0.25) is 0 Å². The fraction of sp³-hybridized carbons (Fsp3) is 0.250. The van der Waals surface area contributed by atoms with Crippen molar-refractivity contribution in [1.82, 2.24) is 0 Å². The first-order valence-electron chi connectivity index (χ1n) is 3.67. The van der Waals surface area contributed by atoms with Crippen molar-refractivity contribution in [1.29, 1.82) is 0 Å². The summed E-state index contributed by atoms with van der Waals surface area (Å²) in [5.74, 6) is -0.438. The van der Waals surface area contributed by atoms with E-state index in [1.807, 2.05) is 0 Å². The van der Waals surface area contributed by atoms with Gasteiger partial charge < -0.3 is 4.74 Å². The number of hydrogen-bond donors (Lipinski definition) is 0. The maximum absolute atomic E-state index is 12.4. The lowest BCUT2D eigenvalue weighted by atomic mass is 10.2. The van der Waals surface area contributed by atoms with Crippen molar-refractivity contribution in [2.75, 3.05) is 7.11 Å². The van der Waals surface area contributed by atoms with Gasteiger partial charge in [-0.2, -0.15) is 8.42 Å². The second-order valence-corrected chi connectivity index (χ2v) is 4.44. The Hall–Kier alpha value is -0.810. The van der Waals surface area contributed by atoms with Crippen LogP contribution in [0, 0.1) is 0 Å². The van der Waals surface area contributed by atoms with E-state index >= 15 is 0 Å². The molecule has 0 heterocycles. The third-order valence-corrected chi connectivity index (χ3v) is 2.47. The highest BCUT2D eigenvalue weighted by atomic mass is 35.5. The van der Waals surface area contributed by atoms with Gasteiger partial charge in [-0.05, 0) is 12.1 Å². The van der Waals surface area contributed by atoms with Crippen LogP contribution in [-0.4, -0.2) is 15.5 Å². The van der Waals surface area contributed by atoms with Crippen molar-refractivity contribution >= 4 is 21.8 Å². The van der Waals surface area contributed by atoms with Gasteiger partial charge in [-0.3, -0.25) is 0 Å². The maximum Gasteiger partial charge on any atom is 0.306 e. The lowest BCUT2D eigenvalue weighted by Gasteiger charge is -2.06. The molecule has 0 aliphatic rings. The maximum atomic E-state index is 12.4. The Labute approximate surface area is 86.7 Å². The predicted molar refractivity (Wildman–Crippen MR) is 51.7 cm³/mol. The van der Waals surface area contributed by atoms with Crippen LogP contribution in [0.5, 0.6) is 5.75 Å². The van der Waals surface area contributed by atoms with Gasteiger partial charge in [0.15, 0.2) is 0 Å². The summed E-state index contributed by atoms with van der Waals surface area (Å²) in [6.07, 6.45) is 0. The molecule has 0 aliphatic heterocycles. The Morgan fingerprint density at radius 3 is 2.64 bits per heavy atom. The van der Waals surface area contributed by atoms with Gasteiger partial charge in [-0.15, -0.1) is 3.89 Å². The smallest absolute Gasteiger partial charge is 0.306 e. The molecule has 0 unspecified atom stereocenters. The van der Waals surface area contributed by atoms with Crippen molar-refractivity contribution in [3.63, 3.8) is 0 Å². The van der Waals surface area contributed by atoms with E-state index in [4.69, 9.17) is 16.3 Å². The second kappa shape index (κ2) is 4.14. The number of ether oxygens (including phenoxy) is 1. The highest BCUT2D eigenvalue weighted by molar-refractivity contribution is 7.85. The third-order valence-electron chi connectivity index (χ3n) is 1.58. The topological polar surface area (TPSA) is 43.4 Å². The summed E-state index contributed by atoms with van der Waals surface area (Å²) in [5, 5.41) is 0.404. The fourth-order valence-corrected chi connectivity index (χ4v) is 1.80. The van der Waals surface area contributed by atoms with E-state index in [0.29, 0.717) is 5.02 Å². The Morgan fingerprint density at radius 1 is 1.50 bits per heavy atom. The SMILES string of the molecule is COc1cc(Cl)ccc1CS(=O)(=O)F. The minimum absolute atomic E-state index is 0.249. The molecule has 1 aromatic carbocycles. The zero-order chi connectivity index (χ0) is 10.8. The van der Waals surface area contributed by atoms with Gasteiger partial charge in [-0.1, -0.05) is 17.7 Å². The zero-order valence-corrected chi connectivity index (χ0v) is 8.90. The third kappa shape index (κ3) is 3.16. The van der Waals surface area contributed by atoms with Crippen LogP contribution in [0.15, 0.2) is 18.2 Å². The van der Waals surface area contributed by atoms with Crippen molar-refractivity contribution in [3.8, 4) is 5.75 Å². The van der Waals surface area contributed by atoms with Gasteiger partial charge in [0.25, 0.3) is 0 Å². The van der Waals surface area contributed by atoms with Gasteiger partial charge in [-0.25, -0.2) is 0 Å². The van der Waals surface area contributed by atoms with Crippen LogP contribution >= 0.6 is 11.6 Å². The van der Waals surface area contributed by atoms with Crippen LogP contribution in [0.3, 0.4) is 0 Å². The van der Waals surface area contributed by atoms with Crippen LogP contribution in [0.1, 0.15) is 5.56 Å². The second-order valence-electron chi connectivity index (χ2n) is 2.64. The molecule has 0 N–H and O–H groups in total. The first-order chi connectivity index (χ1) is 6.42. The summed E-state index contributed by atoms with van der Waals surface area (Å²) in [6.45, 7) is 0. The number of halogens is 2. The first-order valence-corrected chi connectivity index (χ1v) is 5.60. The van der Waals surface area contributed by atoms with Gasteiger partial charge in [0, 0.05) is 10.6 Å². The largest absolute Gasteiger partial charge is 0.496 e. The summed E-state index contributed by atoms with van der Waals surface area (Å²) in [5.41, 5.74) is 0.249. The lowest BCUT2D eigenvalue weighted by Crippen LogP contribution is -1.99. The summed E-state index contributed by atoms with van der Waals surface area (Å²) in [7, 11) is -3.18. The number of rotatable bonds is 3. The van der Waals surface area contributed by atoms with Crippen molar-refractivity contribution in [2.45, 2.75) is 5.75 Å². The average Bonchev–Trinajstić information content (AvgIpc) is 2.06. The summed E-state index contributed by atoms with van der Waals surface area (Å²) >= 11 is 5.64. The number of hydrogen-bond acceptors (Lipinski definition) is 3. The molecular weight excluding hydrogens is 231 g/mol. The molecule has 0 atom stereocenters. The molecule has 0 spiro atoms. The van der Waals surface area contributed by atoms with E-state index in [9.17, 15) is 12.3 Å². The first kappa shape index (κ1) is 11.3. The zero-order valence-electron chi connectivity index (χ0n) is 7.33. The highest BCUT2D eigenvalue weighted by Crippen LogP contribution is 2.25. The minimum Gasteiger partial charge on any atom is -0.496 e. The van der Waals surface area contributed by atoms with Crippen LogP contribution < -0.4 is 4.74 Å². The summed E-state index contributed by atoms with van der Waals surface area (Å²) in [4.78, 5) is 0. The Kier molecular flexibility index (Phi) is 3.34. The van der Waals surface area contributed by atoms with Crippen LogP contribution in [0.2, 0.25) is 5.02 Å². The molecule has 0 radical (unpaired) electrons. The van der Waals surface area contributed by atoms with Crippen LogP contribution in [0.25, 0.3) is 0 Å². The normalized spacial score (nSPS) is 11.4. The molecule has 0 saturated carbocycles. The Bertz CT molecular complexity index is 430. The van der Waals surface area contributed by atoms with Crippen LogP contribution in [0.4, 0.5) is 3.89 Å². The predicted octanol–water partition coefficient (Wildman–Crippen LogP) is 2.15. The molecule has 0 aromatic heterocycles. The molecule has 3 nitrogen and oxygen atoms in total. The molecule has 1 aromatic rings. The molecule has 0 bridgehead atoms.